The Labute approximate surface area is 124 Å². The molecule has 0 aliphatic rings. The first-order chi connectivity index (χ1) is 9.72. The Morgan fingerprint density at radius 3 is 2.55 bits per heavy atom. The Hall–Kier alpha value is -2.14. The predicted molar refractivity (Wildman–Crippen MR) is 81.1 cm³/mol. The fourth-order valence-corrected chi connectivity index (χ4v) is 2.18. The van der Waals surface area contributed by atoms with E-state index in [0.29, 0.717) is 23.8 Å². The summed E-state index contributed by atoms with van der Waals surface area (Å²) in [7, 11) is 0. The van der Waals surface area contributed by atoms with Gasteiger partial charge in [0, 0.05) is 15.7 Å². The number of hydrogen-bond acceptors (Lipinski definition) is 4. The SMILES string of the molecule is Nc1ccccc1-c1noc(Cc2ccc(Br)cc2)n1. The summed E-state index contributed by atoms with van der Waals surface area (Å²) in [5, 5.41) is 3.99. The maximum Gasteiger partial charge on any atom is 0.231 e. The minimum absolute atomic E-state index is 0.523. The average Bonchev–Trinajstić information content (AvgIpc) is 2.90. The van der Waals surface area contributed by atoms with Gasteiger partial charge in [0.25, 0.3) is 0 Å². The van der Waals surface area contributed by atoms with E-state index in [1.165, 1.54) is 0 Å². The summed E-state index contributed by atoms with van der Waals surface area (Å²) in [6, 6.07) is 15.5. The van der Waals surface area contributed by atoms with Crippen LogP contribution >= 0.6 is 15.9 Å². The van der Waals surface area contributed by atoms with Gasteiger partial charge in [-0.3, -0.25) is 0 Å². The van der Waals surface area contributed by atoms with E-state index >= 15 is 0 Å². The zero-order chi connectivity index (χ0) is 13.9. The number of para-hydroxylation sites is 1. The highest BCUT2D eigenvalue weighted by atomic mass is 79.9. The Morgan fingerprint density at radius 1 is 1.05 bits per heavy atom. The normalized spacial score (nSPS) is 10.7. The highest BCUT2D eigenvalue weighted by Crippen LogP contribution is 2.23. The molecule has 0 aliphatic heterocycles. The second-order valence-corrected chi connectivity index (χ2v) is 5.32. The molecule has 1 aromatic heterocycles. The molecule has 4 nitrogen and oxygen atoms in total. The minimum atomic E-state index is 0.523. The first-order valence-corrected chi connectivity index (χ1v) is 6.93. The molecule has 0 saturated carbocycles. The molecule has 2 aromatic carbocycles. The molecule has 0 aliphatic carbocycles. The number of hydrogen-bond donors (Lipinski definition) is 1. The molecule has 20 heavy (non-hydrogen) atoms. The van der Waals surface area contributed by atoms with Crippen LogP contribution in [0.1, 0.15) is 11.5 Å². The lowest BCUT2D eigenvalue weighted by Gasteiger charge is -1.98. The van der Waals surface area contributed by atoms with Gasteiger partial charge in [-0.05, 0) is 29.8 Å². The van der Waals surface area contributed by atoms with Gasteiger partial charge in [0.05, 0.1) is 6.42 Å². The van der Waals surface area contributed by atoms with Gasteiger partial charge in [0.1, 0.15) is 0 Å². The largest absolute Gasteiger partial charge is 0.398 e. The third-order valence-corrected chi connectivity index (χ3v) is 3.47. The van der Waals surface area contributed by atoms with Crippen LogP contribution in [0.25, 0.3) is 11.4 Å². The molecule has 0 spiro atoms. The van der Waals surface area contributed by atoms with Crippen LogP contribution in [0.15, 0.2) is 57.5 Å². The Kier molecular flexibility index (Phi) is 3.52. The van der Waals surface area contributed by atoms with Crippen molar-refractivity contribution in [1.29, 1.82) is 0 Å². The lowest BCUT2D eigenvalue weighted by molar-refractivity contribution is 0.386. The predicted octanol–water partition coefficient (Wildman–Crippen LogP) is 3.67. The summed E-state index contributed by atoms with van der Waals surface area (Å²) in [6.45, 7) is 0. The third-order valence-electron chi connectivity index (χ3n) is 2.94. The number of rotatable bonds is 3. The number of halogens is 1. The second-order valence-electron chi connectivity index (χ2n) is 4.40. The van der Waals surface area contributed by atoms with E-state index in [2.05, 4.69) is 26.1 Å². The number of benzene rings is 2. The summed E-state index contributed by atoms with van der Waals surface area (Å²) < 4.78 is 6.33. The first kappa shape index (κ1) is 12.9. The molecule has 3 aromatic rings. The highest BCUT2D eigenvalue weighted by Gasteiger charge is 2.11. The van der Waals surface area contributed by atoms with E-state index in [4.69, 9.17) is 10.3 Å². The zero-order valence-corrected chi connectivity index (χ0v) is 12.2. The Balaban J connectivity index is 1.84. The van der Waals surface area contributed by atoms with Crippen molar-refractivity contribution < 1.29 is 4.52 Å². The van der Waals surface area contributed by atoms with Gasteiger partial charge in [-0.25, -0.2) is 0 Å². The maximum absolute atomic E-state index is 5.90. The summed E-state index contributed by atoms with van der Waals surface area (Å²) in [6.07, 6.45) is 0.604. The van der Waals surface area contributed by atoms with E-state index < -0.39 is 0 Å². The van der Waals surface area contributed by atoms with Crippen LogP contribution in [-0.4, -0.2) is 10.1 Å². The minimum Gasteiger partial charge on any atom is -0.398 e. The molecular weight excluding hydrogens is 318 g/mol. The molecule has 0 bridgehead atoms. The molecule has 0 saturated heterocycles. The van der Waals surface area contributed by atoms with E-state index in [1.807, 2.05) is 48.5 Å². The Morgan fingerprint density at radius 2 is 1.80 bits per heavy atom. The molecule has 0 fully saturated rings. The molecule has 2 N–H and O–H groups in total. The lowest BCUT2D eigenvalue weighted by atomic mass is 10.1. The van der Waals surface area contributed by atoms with Crippen molar-refractivity contribution in [2.75, 3.05) is 5.73 Å². The molecule has 5 heteroatoms. The third kappa shape index (κ3) is 2.72. The molecule has 3 rings (SSSR count). The number of nitrogens with zero attached hydrogens (tertiary/aromatic N) is 2. The molecule has 0 atom stereocenters. The van der Waals surface area contributed by atoms with Gasteiger partial charge < -0.3 is 10.3 Å². The number of nitrogen functional groups attached to an aromatic ring is 1. The van der Waals surface area contributed by atoms with E-state index in [9.17, 15) is 0 Å². The van der Waals surface area contributed by atoms with Crippen LogP contribution < -0.4 is 5.73 Å². The van der Waals surface area contributed by atoms with Gasteiger partial charge in [-0.15, -0.1) is 0 Å². The van der Waals surface area contributed by atoms with Crippen LogP contribution in [0.4, 0.5) is 5.69 Å². The average molecular weight is 330 g/mol. The molecule has 0 radical (unpaired) electrons. The van der Waals surface area contributed by atoms with Crippen LogP contribution in [-0.2, 0) is 6.42 Å². The lowest BCUT2D eigenvalue weighted by Crippen LogP contribution is -1.91. The molecule has 100 valence electrons. The van der Waals surface area contributed by atoms with Crippen molar-refractivity contribution in [3.63, 3.8) is 0 Å². The topological polar surface area (TPSA) is 64.9 Å². The molecule has 0 amide bonds. The second kappa shape index (κ2) is 5.46. The van der Waals surface area contributed by atoms with Gasteiger partial charge in [-0.2, -0.15) is 4.98 Å². The summed E-state index contributed by atoms with van der Waals surface area (Å²) in [5.41, 5.74) is 8.45. The van der Waals surface area contributed by atoms with Crippen molar-refractivity contribution in [2.45, 2.75) is 6.42 Å². The van der Waals surface area contributed by atoms with Crippen molar-refractivity contribution in [3.05, 3.63) is 64.5 Å². The van der Waals surface area contributed by atoms with Crippen molar-refractivity contribution in [1.82, 2.24) is 10.1 Å². The highest BCUT2D eigenvalue weighted by molar-refractivity contribution is 9.10. The standard InChI is InChI=1S/C15H12BrN3O/c16-11-7-5-10(6-8-11)9-14-18-15(19-20-14)12-3-1-2-4-13(12)17/h1-8H,9,17H2. The fourth-order valence-electron chi connectivity index (χ4n) is 1.91. The number of nitrogens with two attached hydrogens (primary N) is 1. The molecule has 0 unspecified atom stereocenters. The quantitative estimate of drug-likeness (QED) is 0.744. The van der Waals surface area contributed by atoms with E-state index in [0.717, 1.165) is 15.6 Å². The van der Waals surface area contributed by atoms with Crippen LogP contribution in [0.5, 0.6) is 0 Å². The van der Waals surface area contributed by atoms with Gasteiger partial charge >= 0.3 is 0 Å². The van der Waals surface area contributed by atoms with E-state index in [1.54, 1.807) is 0 Å². The van der Waals surface area contributed by atoms with Crippen molar-refractivity contribution in [3.8, 4) is 11.4 Å². The summed E-state index contributed by atoms with van der Waals surface area (Å²) in [4.78, 5) is 4.39. The van der Waals surface area contributed by atoms with Gasteiger partial charge in [0.2, 0.25) is 11.7 Å². The molecule has 1 heterocycles. The van der Waals surface area contributed by atoms with Crippen LogP contribution in [0.3, 0.4) is 0 Å². The van der Waals surface area contributed by atoms with E-state index in [-0.39, 0.29) is 0 Å². The summed E-state index contributed by atoms with van der Waals surface area (Å²) >= 11 is 3.41. The zero-order valence-electron chi connectivity index (χ0n) is 10.6. The van der Waals surface area contributed by atoms with Crippen molar-refractivity contribution in [2.24, 2.45) is 0 Å². The van der Waals surface area contributed by atoms with Crippen LogP contribution in [0.2, 0.25) is 0 Å². The van der Waals surface area contributed by atoms with Crippen LogP contribution in [0, 0.1) is 0 Å². The maximum atomic E-state index is 5.90. The van der Waals surface area contributed by atoms with Gasteiger partial charge in [-0.1, -0.05) is 45.4 Å². The molecular formula is C15H12BrN3O. The summed E-state index contributed by atoms with van der Waals surface area (Å²) in [5.74, 6) is 1.10. The Bertz CT molecular complexity index is 722. The number of anilines is 1. The van der Waals surface area contributed by atoms with Gasteiger partial charge in [0.15, 0.2) is 0 Å². The monoisotopic (exact) mass is 329 g/mol. The number of aromatic nitrogens is 2. The smallest absolute Gasteiger partial charge is 0.231 e. The van der Waals surface area contributed by atoms with Crippen molar-refractivity contribution >= 4 is 21.6 Å². The first-order valence-electron chi connectivity index (χ1n) is 6.14. The fraction of sp³-hybridized carbons (Fsp3) is 0.0667.